The molecular formula is C27H22NO5PS. The normalized spacial score (nSPS) is 12.7. The second kappa shape index (κ2) is 9.44. The molecule has 0 unspecified atom stereocenters. The molecule has 4 rings (SSSR count). The van der Waals surface area contributed by atoms with Gasteiger partial charge in [-0.05, 0) is 0 Å². The van der Waals surface area contributed by atoms with E-state index in [0.29, 0.717) is 15.9 Å². The maximum atomic E-state index is 14.0. The van der Waals surface area contributed by atoms with Crippen LogP contribution in [0.4, 0.5) is 0 Å². The van der Waals surface area contributed by atoms with Crippen LogP contribution in [-0.4, -0.2) is 25.7 Å². The molecule has 0 atom stereocenters. The standard InChI is InChI=1S/C27H22NO5PS/c28-20-21-34(22-12-4-1-5-13-22,23-14-6-2-7-15-23,24-16-8-3-9-17-24)33-35(31,32)26-19-11-10-18-25(26)27(29)30/h1-19H,21H2,(H,29,30). The third-order valence-corrected chi connectivity index (χ3v) is 13.8. The summed E-state index contributed by atoms with van der Waals surface area (Å²) in [5.74, 6) is -1.40. The molecule has 0 aliphatic carbocycles. The first kappa shape index (κ1) is 24.3. The molecule has 0 bridgehead atoms. The first-order valence-electron chi connectivity index (χ1n) is 10.7. The Bertz CT molecular complexity index is 1400. The van der Waals surface area contributed by atoms with Crippen molar-refractivity contribution in [1.29, 1.82) is 5.26 Å². The van der Waals surface area contributed by atoms with Crippen LogP contribution < -0.4 is 15.9 Å². The van der Waals surface area contributed by atoms with Crippen molar-refractivity contribution in [2.45, 2.75) is 4.90 Å². The number of benzene rings is 4. The summed E-state index contributed by atoms with van der Waals surface area (Å²) in [5, 5.41) is 21.5. The van der Waals surface area contributed by atoms with Gasteiger partial charge in [-0.1, -0.05) is 0 Å². The van der Waals surface area contributed by atoms with E-state index >= 15 is 0 Å². The summed E-state index contributed by atoms with van der Waals surface area (Å²) < 4.78 is 34.4. The third kappa shape index (κ3) is 4.02. The van der Waals surface area contributed by atoms with Gasteiger partial charge in [-0.15, -0.1) is 0 Å². The van der Waals surface area contributed by atoms with E-state index in [9.17, 15) is 23.6 Å². The number of nitriles is 1. The maximum absolute atomic E-state index is 14.0. The summed E-state index contributed by atoms with van der Waals surface area (Å²) in [6, 6.07) is 34.0. The van der Waals surface area contributed by atoms with E-state index in [-0.39, 0.29) is 6.16 Å². The molecule has 8 heteroatoms. The molecule has 0 saturated carbocycles. The number of nitrogens with zero attached hydrogens (tertiary/aromatic N) is 1. The Morgan fingerprint density at radius 3 is 1.54 bits per heavy atom. The van der Waals surface area contributed by atoms with Crippen LogP contribution in [-0.2, 0) is 14.1 Å². The Morgan fingerprint density at radius 1 is 0.743 bits per heavy atom. The topological polar surface area (TPSA) is 104 Å². The number of carbonyl (C=O) groups is 1. The molecule has 35 heavy (non-hydrogen) atoms. The van der Waals surface area contributed by atoms with Crippen LogP contribution in [0.2, 0.25) is 0 Å². The average molecular weight is 504 g/mol. The monoisotopic (exact) mass is 503 g/mol. The molecule has 6 nitrogen and oxygen atoms in total. The number of hydrogen-bond acceptors (Lipinski definition) is 5. The Kier molecular flexibility index (Phi) is 6.56. The van der Waals surface area contributed by atoms with Gasteiger partial charge in [-0.25, -0.2) is 0 Å². The summed E-state index contributed by atoms with van der Waals surface area (Å²) in [4.78, 5) is 11.4. The first-order valence-corrected chi connectivity index (χ1v) is 14.4. The van der Waals surface area contributed by atoms with Gasteiger partial charge in [0.1, 0.15) is 0 Å². The van der Waals surface area contributed by atoms with Crippen LogP contribution in [0.25, 0.3) is 0 Å². The Balaban J connectivity index is 2.18. The predicted octanol–water partition coefficient (Wildman–Crippen LogP) is 4.06. The van der Waals surface area contributed by atoms with E-state index in [1.165, 1.54) is 24.3 Å². The summed E-state index contributed by atoms with van der Waals surface area (Å²) >= 11 is 0. The molecule has 0 radical (unpaired) electrons. The van der Waals surface area contributed by atoms with Gasteiger partial charge in [0.05, 0.1) is 0 Å². The number of aromatic carboxylic acids is 1. The van der Waals surface area contributed by atoms with Crippen molar-refractivity contribution < 1.29 is 22.3 Å². The summed E-state index contributed by atoms with van der Waals surface area (Å²) in [6.07, 6.45) is -0.280. The van der Waals surface area contributed by atoms with Gasteiger partial charge in [-0.2, -0.15) is 0 Å². The summed E-state index contributed by atoms with van der Waals surface area (Å²) in [6.45, 7) is -4.52. The molecule has 0 heterocycles. The van der Waals surface area contributed by atoms with Crippen molar-refractivity contribution in [3.8, 4) is 6.07 Å². The van der Waals surface area contributed by atoms with Crippen molar-refractivity contribution in [2.75, 3.05) is 6.16 Å². The molecule has 0 aliphatic heterocycles. The Hall–Kier alpha value is -3.82. The molecule has 0 fully saturated rings. The number of rotatable bonds is 8. The molecule has 1 N–H and O–H groups in total. The van der Waals surface area contributed by atoms with Gasteiger partial charge in [0, 0.05) is 0 Å². The van der Waals surface area contributed by atoms with Gasteiger partial charge in [0.15, 0.2) is 0 Å². The third-order valence-electron chi connectivity index (χ3n) is 5.93. The predicted molar refractivity (Wildman–Crippen MR) is 137 cm³/mol. The van der Waals surface area contributed by atoms with E-state index < -0.39 is 33.4 Å². The zero-order valence-electron chi connectivity index (χ0n) is 18.6. The van der Waals surface area contributed by atoms with E-state index in [0.717, 1.165) is 0 Å². The molecule has 0 saturated heterocycles. The fraction of sp³-hybridized carbons (Fsp3) is 0.0370. The minimum atomic E-state index is -4.69. The quantitative estimate of drug-likeness (QED) is 0.364. The van der Waals surface area contributed by atoms with Crippen LogP contribution in [0.1, 0.15) is 10.4 Å². The molecule has 0 amide bonds. The summed E-state index contributed by atoms with van der Waals surface area (Å²) in [7, 11) is -4.69. The fourth-order valence-electron chi connectivity index (χ4n) is 4.36. The zero-order valence-corrected chi connectivity index (χ0v) is 20.3. The van der Waals surface area contributed by atoms with Crippen LogP contribution in [0, 0.1) is 11.3 Å². The van der Waals surface area contributed by atoms with Crippen LogP contribution >= 0.6 is 6.83 Å². The second-order valence-electron chi connectivity index (χ2n) is 7.87. The fourth-order valence-corrected chi connectivity index (χ4v) is 12.4. The van der Waals surface area contributed by atoms with Crippen LogP contribution in [0.5, 0.6) is 0 Å². The molecule has 4 aromatic carbocycles. The first-order chi connectivity index (χ1) is 16.8. The minimum absolute atomic E-state index is 0.280. The summed E-state index contributed by atoms with van der Waals surface area (Å²) in [5.41, 5.74) is -0.407. The number of hydrogen-bond donors (Lipinski definition) is 1. The van der Waals surface area contributed by atoms with Gasteiger partial charge >= 0.3 is 204 Å². The van der Waals surface area contributed by atoms with Crippen molar-refractivity contribution in [1.82, 2.24) is 0 Å². The van der Waals surface area contributed by atoms with Crippen molar-refractivity contribution >= 4 is 38.8 Å². The van der Waals surface area contributed by atoms with Gasteiger partial charge in [-0.3, -0.25) is 0 Å². The van der Waals surface area contributed by atoms with E-state index in [4.69, 9.17) is 3.97 Å². The van der Waals surface area contributed by atoms with Gasteiger partial charge in [0.2, 0.25) is 0 Å². The van der Waals surface area contributed by atoms with E-state index in [1.54, 1.807) is 91.0 Å². The SMILES string of the molecule is N#CCP(OS(=O)(=O)c1ccccc1C(=O)O)(c1ccccc1)(c1ccccc1)c1ccccc1. The van der Waals surface area contributed by atoms with Crippen molar-refractivity contribution in [3.05, 3.63) is 121 Å². The molecule has 0 spiro atoms. The molecule has 0 aromatic heterocycles. The van der Waals surface area contributed by atoms with Gasteiger partial charge in [0.25, 0.3) is 0 Å². The van der Waals surface area contributed by atoms with Crippen molar-refractivity contribution in [2.24, 2.45) is 0 Å². The Morgan fingerprint density at radius 2 is 1.14 bits per heavy atom. The van der Waals surface area contributed by atoms with E-state index in [2.05, 4.69) is 6.07 Å². The zero-order chi connectivity index (χ0) is 25.0. The molecule has 4 aromatic rings. The van der Waals surface area contributed by atoms with E-state index in [1.807, 2.05) is 0 Å². The Labute approximate surface area is 204 Å². The number of carboxylic acid groups (broad SMARTS) is 1. The van der Waals surface area contributed by atoms with Crippen LogP contribution in [0.3, 0.4) is 0 Å². The molecule has 176 valence electrons. The average Bonchev–Trinajstić information content (AvgIpc) is 2.90. The number of carboxylic acids is 1. The molecule has 0 aliphatic rings. The van der Waals surface area contributed by atoms with Crippen molar-refractivity contribution in [3.63, 3.8) is 0 Å². The molecular weight excluding hydrogens is 481 g/mol. The van der Waals surface area contributed by atoms with Gasteiger partial charge < -0.3 is 0 Å². The second-order valence-corrected chi connectivity index (χ2v) is 14.1. The van der Waals surface area contributed by atoms with Crippen LogP contribution in [0.15, 0.2) is 120 Å².